The van der Waals surface area contributed by atoms with Crippen LogP contribution < -0.4 is 10.1 Å². The van der Waals surface area contributed by atoms with Gasteiger partial charge in [0.15, 0.2) is 0 Å². The van der Waals surface area contributed by atoms with Crippen LogP contribution in [0, 0.1) is 6.92 Å². The number of aryl methyl sites for hydroxylation is 1. The van der Waals surface area contributed by atoms with E-state index in [1.807, 2.05) is 18.3 Å². The van der Waals surface area contributed by atoms with Gasteiger partial charge in [0.25, 0.3) is 0 Å². The van der Waals surface area contributed by atoms with Gasteiger partial charge in [0, 0.05) is 48.5 Å². The molecule has 0 aliphatic carbocycles. The van der Waals surface area contributed by atoms with Crippen LogP contribution in [0.5, 0.6) is 5.75 Å². The van der Waals surface area contributed by atoms with Gasteiger partial charge in [-0.3, -0.25) is 4.79 Å². The van der Waals surface area contributed by atoms with E-state index in [1.165, 1.54) is 16.5 Å². The maximum Gasteiger partial charge on any atom is 0.223 e. The van der Waals surface area contributed by atoms with Crippen LogP contribution in [0.1, 0.15) is 61.0 Å². The molecule has 2 aliphatic rings. The van der Waals surface area contributed by atoms with Crippen LogP contribution in [-0.4, -0.2) is 47.1 Å². The molecule has 2 aromatic carbocycles. The van der Waals surface area contributed by atoms with Gasteiger partial charge in [-0.2, -0.15) is 0 Å². The molecule has 0 saturated carbocycles. The molecule has 5 rings (SSSR count). The molecule has 0 bridgehead atoms. The summed E-state index contributed by atoms with van der Waals surface area (Å²) in [7, 11) is 0. The van der Waals surface area contributed by atoms with Crippen molar-refractivity contribution in [2.24, 2.45) is 0 Å². The van der Waals surface area contributed by atoms with Gasteiger partial charge in [-0.05, 0) is 68.0 Å². The van der Waals surface area contributed by atoms with Crippen molar-refractivity contribution in [3.63, 3.8) is 0 Å². The maximum absolute atomic E-state index is 13.1. The van der Waals surface area contributed by atoms with Crippen LogP contribution in [0.3, 0.4) is 0 Å². The van der Waals surface area contributed by atoms with Crippen molar-refractivity contribution < 1.29 is 9.53 Å². The van der Waals surface area contributed by atoms with E-state index in [0.29, 0.717) is 13.0 Å². The van der Waals surface area contributed by atoms with Gasteiger partial charge in [0.1, 0.15) is 5.75 Å². The molecule has 35 heavy (non-hydrogen) atoms. The number of hydrogen-bond acceptors (Lipinski definition) is 4. The Kier molecular flexibility index (Phi) is 6.98. The van der Waals surface area contributed by atoms with Crippen LogP contribution >= 0.6 is 0 Å². The minimum absolute atomic E-state index is 0.0957. The zero-order valence-corrected chi connectivity index (χ0v) is 20.8. The SMILES string of the molecule is CCCC(=O)N1CCc2c([nH]c3ccc(C)cc23)C1c1ccc(OCCCCN2C=CNC2)cc1. The lowest BCUT2D eigenvalue weighted by Crippen LogP contribution is -2.40. The van der Waals surface area contributed by atoms with Gasteiger partial charge in [-0.1, -0.05) is 30.7 Å². The molecule has 6 nitrogen and oxygen atoms in total. The number of unbranched alkanes of at least 4 members (excludes halogenated alkanes) is 1. The number of aromatic nitrogens is 1. The molecule has 3 heterocycles. The lowest BCUT2D eigenvalue weighted by Gasteiger charge is -2.36. The zero-order valence-electron chi connectivity index (χ0n) is 20.8. The number of carbonyl (C=O) groups is 1. The molecule has 1 amide bonds. The minimum atomic E-state index is -0.0957. The average Bonchev–Trinajstić information content (AvgIpc) is 3.51. The molecule has 1 aromatic heterocycles. The summed E-state index contributed by atoms with van der Waals surface area (Å²) in [6.45, 7) is 7.60. The first-order chi connectivity index (χ1) is 17.1. The molecule has 1 unspecified atom stereocenters. The summed E-state index contributed by atoms with van der Waals surface area (Å²) < 4.78 is 6.02. The predicted molar refractivity (Wildman–Crippen MR) is 140 cm³/mol. The fourth-order valence-corrected chi connectivity index (χ4v) is 5.26. The third kappa shape index (κ3) is 5.02. The maximum atomic E-state index is 13.1. The summed E-state index contributed by atoms with van der Waals surface area (Å²) in [6.07, 6.45) is 8.53. The van der Waals surface area contributed by atoms with Crippen LogP contribution in [0.2, 0.25) is 0 Å². The molecule has 1 atom stereocenters. The predicted octanol–water partition coefficient (Wildman–Crippen LogP) is 5.24. The Balaban J connectivity index is 1.32. The molecular weight excluding hydrogens is 436 g/mol. The number of nitrogens with one attached hydrogen (secondary N) is 2. The molecule has 0 saturated heterocycles. The monoisotopic (exact) mass is 472 g/mol. The number of carbonyl (C=O) groups excluding carboxylic acids is 1. The first-order valence-corrected chi connectivity index (χ1v) is 12.9. The number of ether oxygens (including phenoxy) is 1. The van der Waals surface area contributed by atoms with E-state index in [1.54, 1.807) is 0 Å². The first-order valence-electron chi connectivity index (χ1n) is 12.9. The van der Waals surface area contributed by atoms with Gasteiger partial charge in [-0.25, -0.2) is 0 Å². The Morgan fingerprint density at radius 3 is 2.77 bits per heavy atom. The molecule has 2 aliphatic heterocycles. The molecule has 3 aromatic rings. The topological polar surface area (TPSA) is 60.6 Å². The molecule has 2 N–H and O–H groups in total. The second kappa shape index (κ2) is 10.5. The summed E-state index contributed by atoms with van der Waals surface area (Å²) in [5.41, 5.74) is 6.03. The van der Waals surface area contributed by atoms with Gasteiger partial charge in [0.2, 0.25) is 5.91 Å². The van der Waals surface area contributed by atoms with E-state index >= 15 is 0 Å². The summed E-state index contributed by atoms with van der Waals surface area (Å²) in [5.74, 6) is 1.10. The summed E-state index contributed by atoms with van der Waals surface area (Å²) >= 11 is 0. The summed E-state index contributed by atoms with van der Waals surface area (Å²) in [5, 5.41) is 4.48. The number of H-pyrrole nitrogens is 1. The fourth-order valence-electron chi connectivity index (χ4n) is 5.26. The number of nitrogens with zero attached hydrogens (tertiary/aromatic N) is 2. The highest BCUT2D eigenvalue weighted by Crippen LogP contribution is 2.39. The van der Waals surface area contributed by atoms with E-state index in [4.69, 9.17) is 4.74 Å². The third-order valence-corrected chi connectivity index (χ3v) is 7.07. The second-order valence-electron chi connectivity index (χ2n) is 9.67. The number of rotatable bonds is 9. The Hall–Kier alpha value is -3.41. The number of fused-ring (bicyclic) bond motifs is 3. The van der Waals surface area contributed by atoms with Crippen molar-refractivity contribution in [1.29, 1.82) is 0 Å². The zero-order chi connectivity index (χ0) is 24.2. The van der Waals surface area contributed by atoms with Crippen LogP contribution in [0.4, 0.5) is 0 Å². The lowest BCUT2D eigenvalue weighted by atomic mass is 9.91. The molecule has 184 valence electrons. The van der Waals surface area contributed by atoms with E-state index in [-0.39, 0.29) is 11.9 Å². The lowest BCUT2D eigenvalue weighted by molar-refractivity contribution is -0.133. The standard InChI is InChI=1S/C29H36N4O2/c1-3-6-27(34)33-16-13-24-25-19-21(2)7-12-26(25)31-28(24)29(33)22-8-10-23(11-9-22)35-18-5-4-15-32-17-14-30-20-32/h7-12,14,17,19,29-31H,3-6,13,15-16,18,20H2,1-2H3. The summed E-state index contributed by atoms with van der Waals surface area (Å²) in [6, 6.07) is 14.8. The van der Waals surface area contributed by atoms with E-state index in [0.717, 1.165) is 68.0 Å². The van der Waals surface area contributed by atoms with Crippen molar-refractivity contribution in [1.82, 2.24) is 20.1 Å². The molecule has 0 radical (unpaired) electrons. The highest BCUT2D eigenvalue weighted by molar-refractivity contribution is 5.87. The fraction of sp³-hybridized carbons (Fsp3) is 0.414. The Bertz CT molecular complexity index is 1200. The highest BCUT2D eigenvalue weighted by Gasteiger charge is 2.34. The van der Waals surface area contributed by atoms with E-state index in [9.17, 15) is 4.79 Å². The van der Waals surface area contributed by atoms with Crippen molar-refractivity contribution in [2.75, 3.05) is 26.4 Å². The number of benzene rings is 2. The van der Waals surface area contributed by atoms with Gasteiger partial charge in [-0.15, -0.1) is 0 Å². The van der Waals surface area contributed by atoms with Gasteiger partial charge < -0.3 is 24.8 Å². The van der Waals surface area contributed by atoms with E-state index < -0.39 is 0 Å². The highest BCUT2D eigenvalue weighted by atomic mass is 16.5. The van der Waals surface area contributed by atoms with Crippen molar-refractivity contribution in [3.05, 3.63) is 77.2 Å². The average molecular weight is 473 g/mol. The Morgan fingerprint density at radius 1 is 1.14 bits per heavy atom. The van der Waals surface area contributed by atoms with Gasteiger partial charge >= 0.3 is 0 Å². The van der Waals surface area contributed by atoms with Crippen molar-refractivity contribution in [3.8, 4) is 5.75 Å². The van der Waals surface area contributed by atoms with Crippen LogP contribution in [0.25, 0.3) is 10.9 Å². The van der Waals surface area contributed by atoms with Crippen molar-refractivity contribution in [2.45, 2.75) is 52.0 Å². The number of amides is 1. The number of hydrogen-bond donors (Lipinski definition) is 2. The quantitative estimate of drug-likeness (QED) is 0.418. The third-order valence-electron chi connectivity index (χ3n) is 7.07. The Morgan fingerprint density at radius 2 is 2.00 bits per heavy atom. The molecular formula is C29H36N4O2. The molecule has 6 heteroatoms. The molecule has 0 fully saturated rings. The van der Waals surface area contributed by atoms with Gasteiger partial charge in [0.05, 0.1) is 19.3 Å². The Labute approximate surface area is 207 Å². The minimum Gasteiger partial charge on any atom is -0.494 e. The van der Waals surface area contributed by atoms with Crippen molar-refractivity contribution >= 4 is 16.8 Å². The first kappa shape index (κ1) is 23.3. The number of aromatic amines is 1. The van der Waals surface area contributed by atoms with E-state index in [2.05, 4.69) is 70.5 Å². The second-order valence-corrected chi connectivity index (χ2v) is 9.67. The largest absolute Gasteiger partial charge is 0.494 e. The smallest absolute Gasteiger partial charge is 0.223 e. The summed E-state index contributed by atoms with van der Waals surface area (Å²) in [4.78, 5) is 21.1. The molecule has 0 spiro atoms. The normalized spacial score (nSPS) is 17.0. The van der Waals surface area contributed by atoms with Crippen LogP contribution in [0.15, 0.2) is 54.9 Å². The van der Waals surface area contributed by atoms with Crippen LogP contribution in [-0.2, 0) is 11.2 Å².